The standard InChI is InChI=1S/C13H10ClFN2O3/c14-11-2-1-3-12(17(18)19)13(11)20-10-5-8(7-16)4-9(15)6-10/h1-6H,7,16H2. The summed E-state index contributed by atoms with van der Waals surface area (Å²) in [6, 6.07) is 8.00. The van der Waals surface area contributed by atoms with Gasteiger partial charge in [0.1, 0.15) is 11.6 Å². The topological polar surface area (TPSA) is 78.4 Å². The van der Waals surface area contributed by atoms with Crippen LogP contribution in [0.15, 0.2) is 36.4 Å². The zero-order valence-electron chi connectivity index (χ0n) is 10.2. The summed E-state index contributed by atoms with van der Waals surface area (Å²) < 4.78 is 18.7. The average Bonchev–Trinajstić information content (AvgIpc) is 2.40. The second kappa shape index (κ2) is 5.85. The van der Waals surface area contributed by atoms with Crippen molar-refractivity contribution < 1.29 is 14.1 Å². The van der Waals surface area contributed by atoms with Gasteiger partial charge in [-0.3, -0.25) is 10.1 Å². The molecule has 7 heteroatoms. The van der Waals surface area contributed by atoms with E-state index in [1.165, 1.54) is 30.3 Å². The van der Waals surface area contributed by atoms with Crippen LogP contribution in [0, 0.1) is 15.9 Å². The summed E-state index contributed by atoms with van der Waals surface area (Å²) in [5.41, 5.74) is 5.65. The van der Waals surface area contributed by atoms with Crippen molar-refractivity contribution in [3.05, 3.63) is 62.9 Å². The molecule has 0 radical (unpaired) electrons. The van der Waals surface area contributed by atoms with Gasteiger partial charge in [0.15, 0.2) is 0 Å². The maximum Gasteiger partial charge on any atom is 0.313 e. The van der Waals surface area contributed by atoms with Crippen LogP contribution >= 0.6 is 11.6 Å². The molecule has 0 heterocycles. The molecule has 2 N–H and O–H groups in total. The molecule has 0 fully saturated rings. The van der Waals surface area contributed by atoms with Crippen LogP contribution in [0.4, 0.5) is 10.1 Å². The predicted molar refractivity (Wildman–Crippen MR) is 72.5 cm³/mol. The van der Waals surface area contributed by atoms with E-state index in [0.29, 0.717) is 5.56 Å². The summed E-state index contributed by atoms with van der Waals surface area (Å²) >= 11 is 5.89. The Morgan fingerprint density at radius 1 is 1.35 bits per heavy atom. The summed E-state index contributed by atoms with van der Waals surface area (Å²) in [6.45, 7) is 0.124. The van der Waals surface area contributed by atoms with Gasteiger partial charge in [0.25, 0.3) is 0 Å². The summed E-state index contributed by atoms with van der Waals surface area (Å²) in [5.74, 6) is -0.577. The molecule has 0 unspecified atom stereocenters. The molecule has 0 spiro atoms. The first-order chi connectivity index (χ1) is 9.51. The van der Waals surface area contributed by atoms with E-state index < -0.39 is 10.7 Å². The fourth-order valence-corrected chi connectivity index (χ4v) is 1.87. The van der Waals surface area contributed by atoms with Gasteiger partial charge in [-0.1, -0.05) is 17.7 Å². The Labute approximate surface area is 118 Å². The molecule has 0 saturated heterocycles. The predicted octanol–water partition coefficient (Wildman–Crippen LogP) is 3.64. The monoisotopic (exact) mass is 296 g/mol. The van der Waals surface area contributed by atoms with Crippen molar-refractivity contribution in [2.45, 2.75) is 6.54 Å². The molecule has 20 heavy (non-hydrogen) atoms. The minimum absolute atomic E-state index is 0.0674. The van der Waals surface area contributed by atoms with E-state index in [-0.39, 0.29) is 28.8 Å². The Kier molecular flexibility index (Phi) is 4.16. The molecule has 0 aliphatic heterocycles. The van der Waals surface area contributed by atoms with Gasteiger partial charge in [-0.25, -0.2) is 4.39 Å². The smallest absolute Gasteiger partial charge is 0.313 e. The molecule has 0 saturated carbocycles. The fourth-order valence-electron chi connectivity index (χ4n) is 1.66. The number of nitrogens with zero attached hydrogens (tertiary/aromatic N) is 1. The van der Waals surface area contributed by atoms with Crippen molar-refractivity contribution in [2.75, 3.05) is 0 Å². The molecular weight excluding hydrogens is 287 g/mol. The van der Waals surface area contributed by atoms with Crippen LogP contribution < -0.4 is 10.5 Å². The molecule has 0 atom stereocenters. The summed E-state index contributed by atoms with van der Waals surface area (Å²) in [7, 11) is 0. The lowest BCUT2D eigenvalue weighted by atomic mass is 10.2. The van der Waals surface area contributed by atoms with Crippen LogP contribution in [0.25, 0.3) is 0 Å². The molecule has 0 amide bonds. The first kappa shape index (κ1) is 14.2. The van der Waals surface area contributed by atoms with Crippen molar-refractivity contribution in [1.82, 2.24) is 0 Å². The van der Waals surface area contributed by atoms with Gasteiger partial charge in [-0.05, 0) is 23.8 Å². The molecule has 0 aromatic heterocycles. The number of hydrogen-bond acceptors (Lipinski definition) is 4. The highest BCUT2D eigenvalue weighted by atomic mass is 35.5. The Morgan fingerprint density at radius 2 is 2.10 bits per heavy atom. The van der Waals surface area contributed by atoms with Crippen molar-refractivity contribution >= 4 is 17.3 Å². The van der Waals surface area contributed by atoms with Gasteiger partial charge in [0, 0.05) is 18.7 Å². The average molecular weight is 297 g/mol. The third-order valence-corrected chi connectivity index (χ3v) is 2.83. The summed E-state index contributed by atoms with van der Waals surface area (Å²) in [5, 5.41) is 11.0. The Morgan fingerprint density at radius 3 is 2.75 bits per heavy atom. The van der Waals surface area contributed by atoms with Gasteiger partial charge in [0.05, 0.1) is 9.95 Å². The summed E-state index contributed by atoms with van der Waals surface area (Å²) in [6.07, 6.45) is 0. The molecule has 0 bridgehead atoms. The number of rotatable bonds is 4. The van der Waals surface area contributed by atoms with Gasteiger partial charge >= 0.3 is 5.69 Å². The lowest BCUT2D eigenvalue weighted by molar-refractivity contribution is -0.385. The summed E-state index contributed by atoms with van der Waals surface area (Å²) in [4.78, 5) is 10.3. The van der Waals surface area contributed by atoms with Crippen LogP contribution in [-0.2, 0) is 6.54 Å². The van der Waals surface area contributed by atoms with Crippen LogP contribution in [0.3, 0.4) is 0 Å². The molecule has 0 aliphatic rings. The maximum absolute atomic E-state index is 13.4. The first-order valence-electron chi connectivity index (χ1n) is 5.61. The van der Waals surface area contributed by atoms with Gasteiger partial charge in [0.2, 0.25) is 5.75 Å². The molecule has 2 rings (SSSR count). The van der Waals surface area contributed by atoms with Crippen molar-refractivity contribution in [3.63, 3.8) is 0 Å². The number of nitrogens with two attached hydrogens (primary N) is 1. The van der Waals surface area contributed by atoms with Crippen LogP contribution in [0.1, 0.15) is 5.56 Å². The van der Waals surface area contributed by atoms with Gasteiger partial charge in [-0.15, -0.1) is 0 Å². The minimum Gasteiger partial charge on any atom is -0.448 e. The quantitative estimate of drug-likeness (QED) is 0.690. The van der Waals surface area contributed by atoms with Gasteiger partial charge in [-0.2, -0.15) is 0 Å². The highest BCUT2D eigenvalue weighted by molar-refractivity contribution is 6.32. The van der Waals surface area contributed by atoms with Crippen molar-refractivity contribution in [1.29, 1.82) is 0 Å². The van der Waals surface area contributed by atoms with Gasteiger partial charge < -0.3 is 10.5 Å². The van der Waals surface area contributed by atoms with E-state index in [1.54, 1.807) is 0 Å². The van der Waals surface area contributed by atoms with E-state index >= 15 is 0 Å². The molecule has 2 aromatic carbocycles. The number of nitro groups is 1. The number of ether oxygens (including phenoxy) is 1. The second-order valence-corrected chi connectivity index (χ2v) is 4.35. The number of nitro benzene ring substituents is 1. The Bertz CT molecular complexity index is 664. The number of benzene rings is 2. The van der Waals surface area contributed by atoms with E-state index in [1.807, 2.05) is 0 Å². The Hall–Kier alpha value is -2.18. The fraction of sp³-hybridized carbons (Fsp3) is 0.0769. The molecule has 0 aliphatic carbocycles. The second-order valence-electron chi connectivity index (χ2n) is 3.95. The van der Waals surface area contributed by atoms with Crippen LogP contribution in [-0.4, -0.2) is 4.92 Å². The minimum atomic E-state index is -0.621. The number of halogens is 2. The first-order valence-corrected chi connectivity index (χ1v) is 5.99. The third kappa shape index (κ3) is 3.04. The zero-order chi connectivity index (χ0) is 14.7. The van der Waals surface area contributed by atoms with E-state index in [2.05, 4.69) is 0 Å². The number of hydrogen-bond donors (Lipinski definition) is 1. The highest BCUT2D eigenvalue weighted by Crippen LogP contribution is 2.38. The lowest BCUT2D eigenvalue weighted by Gasteiger charge is -2.09. The van der Waals surface area contributed by atoms with E-state index in [4.69, 9.17) is 22.1 Å². The Balaban J connectivity index is 2.44. The zero-order valence-corrected chi connectivity index (χ0v) is 10.9. The molecule has 104 valence electrons. The lowest BCUT2D eigenvalue weighted by Crippen LogP contribution is -1.99. The molecule has 5 nitrogen and oxygen atoms in total. The van der Waals surface area contributed by atoms with Crippen molar-refractivity contribution in [3.8, 4) is 11.5 Å². The van der Waals surface area contributed by atoms with Crippen LogP contribution in [0.5, 0.6) is 11.5 Å². The SMILES string of the molecule is NCc1cc(F)cc(Oc2c(Cl)cccc2[N+](=O)[O-])c1. The molecular formula is C13H10ClFN2O3. The normalized spacial score (nSPS) is 10.3. The van der Waals surface area contributed by atoms with Crippen LogP contribution in [0.2, 0.25) is 5.02 Å². The third-order valence-electron chi connectivity index (χ3n) is 2.53. The van der Waals surface area contributed by atoms with Crippen molar-refractivity contribution in [2.24, 2.45) is 5.73 Å². The highest BCUT2D eigenvalue weighted by Gasteiger charge is 2.19. The largest absolute Gasteiger partial charge is 0.448 e. The maximum atomic E-state index is 13.4. The molecule has 2 aromatic rings. The number of para-hydroxylation sites is 1. The van der Waals surface area contributed by atoms with E-state index in [9.17, 15) is 14.5 Å². The van der Waals surface area contributed by atoms with E-state index in [0.717, 1.165) is 6.07 Å².